The molecule has 0 bridgehead atoms. The molecular formula is C27H26N2O2. The Balaban J connectivity index is 1.34. The first-order valence-corrected chi connectivity index (χ1v) is 10.6. The molecule has 3 aromatic rings. The van der Waals surface area contributed by atoms with Gasteiger partial charge < -0.3 is 4.74 Å². The van der Waals surface area contributed by atoms with Crippen LogP contribution in [-0.2, 0) is 6.61 Å². The number of amides is 1. The Hall–Kier alpha value is -3.66. The van der Waals surface area contributed by atoms with Gasteiger partial charge in [0.15, 0.2) is 0 Å². The predicted molar refractivity (Wildman–Crippen MR) is 125 cm³/mol. The van der Waals surface area contributed by atoms with Crippen molar-refractivity contribution in [3.8, 4) is 16.9 Å². The highest BCUT2D eigenvalue weighted by Crippen LogP contribution is 2.30. The number of hydrogen-bond acceptors (Lipinski definition) is 3. The van der Waals surface area contributed by atoms with E-state index in [1.54, 1.807) is 12.1 Å². The lowest BCUT2D eigenvalue weighted by Crippen LogP contribution is -2.18. The minimum absolute atomic E-state index is 0.204. The summed E-state index contributed by atoms with van der Waals surface area (Å²) < 4.78 is 6.08. The van der Waals surface area contributed by atoms with Crippen molar-refractivity contribution in [3.63, 3.8) is 0 Å². The van der Waals surface area contributed by atoms with Gasteiger partial charge in [0.05, 0.1) is 0 Å². The summed E-state index contributed by atoms with van der Waals surface area (Å²) in [6, 6.07) is 25.6. The van der Waals surface area contributed by atoms with E-state index < -0.39 is 0 Å². The van der Waals surface area contributed by atoms with Gasteiger partial charge in [0.2, 0.25) is 0 Å². The fourth-order valence-corrected chi connectivity index (χ4v) is 3.58. The van der Waals surface area contributed by atoms with Crippen LogP contribution in [0.1, 0.15) is 35.2 Å². The smallest absolute Gasteiger partial charge is 0.271 e. The molecule has 1 amide bonds. The summed E-state index contributed by atoms with van der Waals surface area (Å²) in [4.78, 5) is 12.3. The Morgan fingerprint density at radius 1 is 0.968 bits per heavy atom. The maximum Gasteiger partial charge on any atom is 0.271 e. The molecular weight excluding hydrogens is 384 g/mol. The van der Waals surface area contributed by atoms with Crippen LogP contribution in [0.5, 0.6) is 5.75 Å². The third-order valence-corrected chi connectivity index (χ3v) is 5.34. The summed E-state index contributed by atoms with van der Waals surface area (Å²) in [7, 11) is 0. The Labute approximate surface area is 183 Å². The number of carbonyl (C=O) groups is 1. The molecule has 1 aliphatic rings. The maximum atomic E-state index is 12.3. The first kappa shape index (κ1) is 20.6. The van der Waals surface area contributed by atoms with Crippen molar-refractivity contribution in [1.29, 1.82) is 0 Å². The average Bonchev–Trinajstić information content (AvgIpc) is 2.84. The van der Waals surface area contributed by atoms with E-state index in [-0.39, 0.29) is 5.91 Å². The lowest BCUT2D eigenvalue weighted by atomic mass is 9.96. The lowest BCUT2D eigenvalue weighted by Gasteiger charge is -2.12. The molecule has 4 rings (SSSR count). The van der Waals surface area contributed by atoms with Gasteiger partial charge in [0.25, 0.3) is 5.91 Å². The standard InChI is InChI=1S/C27H26N2O2/c30-27(29-28-19-21-9-3-1-4-10-21)24-17-15-22(16-18-24)20-31-26-14-8-7-13-25(26)23-11-5-2-6-12-23/h1-3,5-8,11-19,21H,4,9-10,20H2,(H,29,30). The molecule has 0 aliphatic heterocycles. The topological polar surface area (TPSA) is 50.7 Å². The lowest BCUT2D eigenvalue weighted by molar-refractivity contribution is 0.0955. The Morgan fingerprint density at radius 3 is 2.52 bits per heavy atom. The van der Waals surface area contributed by atoms with E-state index in [0.29, 0.717) is 18.1 Å². The van der Waals surface area contributed by atoms with Gasteiger partial charge in [-0.25, -0.2) is 5.43 Å². The minimum atomic E-state index is -0.204. The summed E-state index contributed by atoms with van der Waals surface area (Å²) in [5.74, 6) is 1.04. The minimum Gasteiger partial charge on any atom is -0.488 e. The highest BCUT2D eigenvalue weighted by molar-refractivity contribution is 5.94. The SMILES string of the molecule is O=C(NN=CC1CC=CCC1)c1ccc(COc2ccccc2-c2ccccc2)cc1. The van der Waals surface area contributed by atoms with Crippen LogP contribution in [0, 0.1) is 5.92 Å². The molecule has 1 N–H and O–H groups in total. The number of ether oxygens (including phenoxy) is 1. The van der Waals surface area contributed by atoms with Gasteiger partial charge in [0, 0.05) is 17.3 Å². The number of carbonyl (C=O) groups excluding carboxylic acids is 1. The zero-order chi connectivity index (χ0) is 21.3. The summed E-state index contributed by atoms with van der Waals surface area (Å²) in [6.45, 7) is 0.430. The fourth-order valence-electron chi connectivity index (χ4n) is 3.58. The van der Waals surface area contributed by atoms with Crippen molar-refractivity contribution in [1.82, 2.24) is 5.43 Å². The third-order valence-electron chi connectivity index (χ3n) is 5.34. The Kier molecular flexibility index (Phi) is 6.91. The number of para-hydroxylation sites is 1. The molecule has 0 fully saturated rings. The zero-order valence-electron chi connectivity index (χ0n) is 17.4. The first-order chi connectivity index (χ1) is 15.3. The molecule has 0 radical (unpaired) electrons. The zero-order valence-corrected chi connectivity index (χ0v) is 17.4. The van der Waals surface area contributed by atoms with Gasteiger partial charge in [-0.2, -0.15) is 5.10 Å². The summed E-state index contributed by atoms with van der Waals surface area (Å²) in [5.41, 5.74) is 6.38. The van der Waals surface area contributed by atoms with Crippen molar-refractivity contribution in [2.45, 2.75) is 25.9 Å². The maximum absolute atomic E-state index is 12.3. The summed E-state index contributed by atoms with van der Waals surface area (Å²) >= 11 is 0. The predicted octanol–water partition coefficient (Wildman–Crippen LogP) is 6.00. The molecule has 1 atom stereocenters. The van der Waals surface area contributed by atoms with Crippen molar-refractivity contribution in [2.75, 3.05) is 0 Å². The normalized spacial score (nSPS) is 15.7. The number of rotatable bonds is 7. The quantitative estimate of drug-likeness (QED) is 0.295. The van der Waals surface area contributed by atoms with E-state index in [1.807, 2.05) is 54.7 Å². The molecule has 156 valence electrons. The summed E-state index contributed by atoms with van der Waals surface area (Å²) in [6.07, 6.45) is 9.34. The molecule has 0 heterocycles. The van der Waals surface area contributed by atoms with Crippen LogP contribution < -0.4 is 10.2 Å². The van der Waals surface area contributed by atoms with E-state index >= 15 is 0 Å². The summed E-state index contributed by atoms with van der Waals surface area (Å²) in [5, 5.41) is 4.13. The number of hydrogen-bond donors (Lipinski definition) is 1. The number of hydrazone groups is 1. The van der Waals surface area contributed by atoms with Gasteiger partial charge in [-0.3, -0.25) is 4.79 Å². The Morgan fingerprint density at radius 2 is 1.74 bits per heavy atom. The molecule has 1 unspecified atom stereocenters. The van der Waals surface area contributed by atoms with Crippen LogP contribution in [-0.4, -0.2) is 12.1 Å². The van der Waals surface area contributed by atoms with Gasteiger partial charge in [-0.15, -0.1) is 0 Å². The number of nitrogens with zero attached hydrogens (tertiary/aromatic N) is 1. The van der Waals surface area contributed by atoms with Crippen LogP contribution >= 0.6 is 0 Å². The fraction of sp³-hybridized carbons (Fsp3) is 0.185. The monoisotopic (exact) mass is 410 g/mol. The molecule has 0 saturated carbocycles. The molecule has 1 aliphatic carbocycles. The molecule has 31 heavy (non-hydrogen) atoms. The largest absolute Gasteiger partial charge is 0.488 e. The van der Waals surface area contributed by atoms with Gasteiger partial charge >= 0.3 is 0 Å². The van der Waals surface area contributed by atoms with Crippen LogP contribution in [0.15, 0.2) is 96.1 Å². The molecule has 3 aromatic carbocycles. The molecule has 4 nitrogen and oxygen atoms in total. The van der Waals surface area contributed by atoms with Crippen LogP contribution in [0.25, 0.3) is 11.1 Å². The Bertz CT molecular complexity index is 1060. The average molecular weight is 411 g/mol. The van der Waals surface area contributed by atoms with Crippen LogP contribution in [0.2, 0.25) is 0 Å². The van der Waals surface area contributed by atoms with E-state index in [0.717, 1.165) is 41.7 Å². The second-order valence-corrected chi connectivity index (χ2v) is 7.61. The van der Waals surface area contributed by atoms with Crippen molar-refractivity contribution in [3.05, 3.63) is 102 Å². The van der Waals surface area contributed by atoms with E-state index in [2.05, 4.69) is 40.9 Å². The number of allylic oxidation sites excluding steroid dienone is 2. The van der Waals surface area contributed by atoms with Gasteiger partial charge in [-0.1, -0.05) is 72.8 Å². The van der Waals surface area contributed by atoms with Crippen LogP contribution in [0.4, 0.5) is 0 Å². The van der Waals surface area contributed by atoms with Gasteiger partial charge in [-0.05, 0) is 54.5 Å². The van der Waals surface area contributed by atoms with Crippen LogP contribution in [0.3, 0.4) is 0 Å². The van der Waals surface area contributed by atoms with E-state index in [1.165, 1.54) is 0 Å². The highest BCUT2D eigenvalue weighted by Gasteiger charge is 2.09. The van der Waals surface area contributed by atoms with Gasteiger partial charge in [0.1, 0.15) is 12.4 Å². The van der Waals surface area contributed by atoms with Crippen molar-refractivity contribution < 1.29 is 9.53 Å². The molecule has 0 spiro atoms. The second-order valence-electron chi connectivity index (χ2n) is 7.61. The number of benzene rings is 3. The first-order valence-electron chi connectivity index (χ1n) is 10.6. The van der Waals surface area contributed by atoms with E-state index in [9.17, 15) is 4.79 Å². The molecule has 0 saturated heterocycles. The number of nitrogens with one attached hydrogen (secondary N) is 1. The molecule has 0 aromatic heterocycles. The second kappa shape index (κ2) is 10.4. The van der Waals surface area contributed by atoms with Crippen molar-refractivity contribution in [2.24, 2.45) is 11.0 Å². The van der Waals surface area contributed by atoms with Crippen molar-refractivity contribution >= 4 is 12.1 Å². The van der Waals surface area contributed by atoms with E-state index in [4.69, 9.17) is 4.74 Å². The molecule has 4 heteroatoms. The highest BCUT2D eigenvalue weighted by atomic mass is 16.5. The third kappa shape index (κ3) is 5.70.